The van der Waals surface area contributed by atoms with Crippen molar-refractivity contribution in [3.63, 3.8) is 0 Å². The Morgan fingerprint density at radius 2 is 2.36 bits per heavy atom. The Balaban J connectivity index is 2.61. The van der Waals surface area contributed by atoms with Crippen LogP contribution in [0.25, 0.3) is 0 Å². The highest BCUT2D eigenvalue weighted by atomic mass is 16.6. The Bertz CT molecular complexity index is 416. The zero-order chi connectivity index (χ0) is 10.1. The van der Waals surface area contributed by atoms with Gasteiger partial charge in [-0.25, -0.2) is 4.99 Å². The molecule has 0 aromatic heterocycles. The lowest BCUT2D eigenvalue weighted by Crippen LogP contribution is -2.11. The van der Waals surface area contributed by atoms with E-state index in [2.05, 4.69) is 10.3 Å². The Labute approximate surface area is 79.0 Å². The molecule has 1 heterocycles. The van der Waals surface area contributed by atoms with Gasteiger partial charge in [-0.2, -0.15) is 0 Å². The van der Waals surface area contributed by atoms with Crippen LogP contribution in [0.4, 0.5) is 11.4 Å². The van der Waals surface area contributed by atoms with Gasteiger partial charge in [-0.05, 0) is 6.07 Å². The maximum absolute atomic E-state index is 10.6. The molecule has 0 saturated carbocycles. The molecule has 0 bridgehead atoms. The van der Waals surface area contributed by atoms with Gasteiger partial charge in [0.2, 0.25) is 0 Å². The number of hydrogen-bond acceptors (Lipinski definition) is 5. The van der Waals surface area contributed by atoms with Gasteiger partial charge in [-0.1, -0.05) is 6.07 Å². The summed E-state index contributed by atoms with van der Waals surface area (Å²) in [6.07, 6.45) is 0.157. The molecular weight excluding hydrogens is 186 g/mol. The summed E-state index contributed by atoms with van der Waals surface area (Å²) in [4.78, 5) is 13.7. The number of aliphatic imine (C=N–C) groups is 1. The number of aliphatic hydroxyl groups is 1. The van der Waals surface area contributed by atoms with Crippen molar-refractivity contribution in [3.05, 3.63) is 33.9 Å². The third kappa shape index (κ3) is 1.21. The Morgan fingerprint density at radius 3 is 3.07 bits per heavy atom. The number of hydrogen-bond donors (Lipinski definition) is 2. The van der Waals surface area contributed by atoms with Gasteiger partial charge in [0.25, 0.3) is 5.69 Å². The summed E-state index contributed by atoms with van der Waals surface area (Å²) < 4.78 is 0. The van der Waals surface area contributed by atoms with Crippen molar-refractivity contribution < 1.29 is 10.0 Å². The fourth-order valence-electron chi connectivity index (χ4n) is 1.36. The van der Waals surface area contributed by atoms with Crippen LogP contribution in [0.5, 0.6) is 0 Å². The summed E-state index contributed by atoms with van der Waals surface area (Å²) in [6.45, 7) is 0. The summed E-state index contributed by atoms with van der Waals surface area (Å²) in [6, 6.07) is 4.54. The number of nitro groups is 1. The van der Waals surface area contributed by atoms with Gasteiger partial charge < -0.3 is 10.4 Å². The minimum absolute atomic E-state index is 0.126. The number of nitro benzene ring substituents is 1. The molecule has 14 heavy (non-hydrogen) atoms. The number of fused-ring (bicyclic) bond motifs is 1. The minimum Gasteiger partial charge on any atom is -0.367 e. The minimum atomic E-state index is -1.16. The topological polar surface area (TPSA) is 87.8 Å². The van der Waals surface area contributed by atoms with Gasteiger partial charge in [0, 0.05) is 6.07 Å². The van der Waals surface area contributed by atoms with Crippen molar-refractivity contribution in [2.24, 2.45) is 4.99 Å². The molecule has 0 amide bonds. The van der Waals surface area contributed by atoms with Crippen molar-refractivity contribution in [2.75, 3.05) is 5.32 Å². The Morgan fingerprint density at radius 1 is 1.57 bits per heavy atom. The molecule has 1 unspecified atom stereocenters. The first-order valence-corrected chi connectivity index (χ1v) is 3.93. The lowest BCUT2D eigenvalue weighted by molar-refractivity contribution is -0.386. The van der Waals surface area contributed by atoms with Crippen molar-refractivity contribution in [3.8, 4) is 0 Å². The number of nitrogens with zero attached hydrogens (tertiary/aromatic N) is 2. The largest absolute Gasteiger partial charge is 0.367 e. The molecule has 1 aromatic rings. The monoisotopic (exact) mass is 193 g/mol. The molecule has 6 heteroatoms. The molecule has 2 N–H and O–H groups in total. The highest BCUT2D eigenvalue weighted by Gasteiger charge is 2.25. The average Bonchev–Trinajstić information content (AvgIpc) is 2.17. The van der Waals surface area contributed by atoms with E-state index >= 15 is 0 Å². The maximum Gasteiger partial charge on any atom is 0.279 e. The predicted octanol–water partition coefficient (Wildman–Crippen LogP) is 1.04. The van der Waals surface area contributed by atoms with Crippen molar-refractivity contribution in [1.29, 1.82) is 0 Å². The van der Waals surface area contributed by atoms with Gasteiger partial charge >= 0.3 is 0 Å². The summed E-state index contributed by atoms with van der Waals surface area (Å²) >= 11 is 0. The smallest absolute Gasteiger partial charge is 0.279 e. The van der Waals surface area contributed by atoms with Crippen LogP contribution in [0.15, 0.2) is 23.2 Å². The van der Waals surface area contributed by atoms with Crippen LogP contribution in [0.1, 0.15) is 11.8 Å². The number of benzene rings is 1. The Kier molecular flexibility index (Phi) is 1.90. The molecule has 0 radical (unpaired) electrons. The lowest BCUT2D eigenvalue weighted by Gasteiger charge is -2.16. The molecule has 0 spiro atoms. The van der Waals surface area contributed by atoms with Crippen LogP contribution in [0.2, 0.25) is 0 Å². The van der Waals surface area contributed by atoms with E-state index < -0.39 is 11.2 Å². The van der Waals surface area contributed by atoms with Gasteiger partial charge in [0.15, 0.2) is 6.23 Å². The fraction of sp³-hybridized carbons (Fsp3) is 0.125. The molecule has 2 rings (SSSR count). The van der Waals surface area contributed by atoms with Gasteiger partial charge in [0.1, 0.15) is 5.56 Å². The van der Waals surface area contributed by atoms with Crippen molar-refractivity contribution in [1.82, 2.24) is 0 Å². The van der Waals surface area contributed by atoms with Crippen LogP contribution in [0, 0.1) is 10.1 Å². The van der Waals surface area contributed by atoms with E-state index in [1.165, 1.54) is 12.4 Å². The molecule has 6 nitrogen and oxygen atoms in total. The molecule has 1 atom stereocenters. The number of anilines is 1. The summed E-state index contributed by atoms with van der Waals surface area (Å²) in [7, 11) is 0. The normalized spacial score (nSPS) is 18.5. The summed E-state index contributed by atoms with van der Waals surface area (Å²) in [5.74, 6) is 0. The van der Waals surface area contributed by atoms with E-state index in [0.717, 1.165) is 0 Å². The van der Waals surface area contributed by atoms with Crippen LogP contribution >= 0.6 is 0 Å². The van der Waals surface area contributed by atoms with E-state index in [-0.39, 0.29) is 11.3 Å². The Hall–Kier alpha value is -1.95. The molecule has 1 aliphatic heterocycles. The molecule has 72 valence electrons. The third-order valence-electron chi connectivity index (χ3n) is 1.97. The highest BCUT2D eigenvalue weighted by molar-refractivity contribution is 5.82. The van der Waals surface area contributed by atoms with Crippen LogP contribution < -0.4 is 5.32 Å². The second-order valence-electron chi connectivity index (χ2n) is 2.79. The summed E-state index contributed by atoms with van der Waals surface area (Å²) in [5, 5.41) is 22.8. The van der Waals surface area contributed by atoms with E-state index in [1.54, 1.807) is 12.1 Å². The quantitative estimate of drug-likeness (QED) is 0.515. The first kappa shape index (κ1) is 8.64. The van der Waals surface area contributed by atoms with Gasteiger partial charge in [-0.15, -0.1) is 0 Å². The van der Waals surface area contributed by atoms with E-state index in [0.29, 0.717) is 5.69 Å². The predicted molar refractivity (Wildman–Crippen MR) is 50.2 cm³/mol. The van der Waals surface area contributed by atoms with Crippen molar-refractivity contribution >= 4 is 17.7 Å². The zero-order valence-corrected chi connectivity index (χ0v) is 7.04. The highest BCUT2D eigenvalue weighted by Crippen LogP contribution is 2.34. The lowest BCUT2D eigenvalue weighted by atomic mass is 10.1. The van der Waals surface area contributed by atoms with Crippen LogP contribution in [-0.4, -0.2) is 16.4 Å². The first-order chi connectivity index (χ1) is 6.70. The number of rotatable bonds is 1. The second kappa shape index (κ2) is 3.08. The molecule has 1 aromatic carbocycles. The van der Waals surface area contributed by atoms with Crippen LogP contribution in [-0.2, 0) is 0 Å². The average molecular weight is 193 g/mol. The number of nitrogens with one attached hydrogen (secondary N) is 1. The first-order valence-electron chi connectivity index (χ1n) is 3.93. The van der Waals surface area contributed by atoms with E-state index in [9.17, 15) is 15.2 Å². The number of aliphatic hydroxyl groups excluding tert-OH is 1. The van der Waals surface area contributed by atoms with Gasteiger partial charge in [-0.3, -0.25) is 10.1 Å². The SMILES string of the molecule is O=[N+]([O-])c1cccc2c1C(O)N=CN2. The summed E-state index contributed by atoms with van der Waals surface area (Å²) in [5.41, 5.74) is 0.598. The van der Waals surface area contributed by atoms with E-state index in [1.807, 2.05) is 0 Å². The fourth-order valence-corrected chi connectivity index (χ4v) is 1.36. The standard InChI is InChI=1S/C8H7N3O3/c12-8-7-5(9-4-10-8)2-1-3-6(7)11(13)14/h1-4,8,12H,(H,9,10). The molecule has 0 fully saturated rings. The molecule has 0 saturated heterocycles. The third-order valence-corrected chi connectivity index (χ3v) is 1.97. The molecule has 1 aliphatic rings. The second-order valence-corrected chi connectivity index (χ2v) is 2.79. The van der Waals surface area contributed by atoms with E-state index in [4.69, 9.17) is 0 Å². The zero-order valence-electron chi connectivity index (χ0n) is 7.04. The molecular formula is C8H7N3O3. The molecule has 0 aliphatic carbocycles. The van der Waals surface area contributed by atoms with Gasteiger partial charge in [0.05, 0.1) is 16.9 Å². The maximum atomic E-state index is 10.6. The van der Waals surface area contributed by atoms with Crippen LogP contribution in [0.3, 0.4) is 0 Å². The van der Waals surface area contributed by atoms with Crippen molar-refractivity contribution in [2.45, 2.75) is 6.23 Å².